The van der Waals surface area contributed by atoms with Crippen molar-refractivity contribution in [1.82, 2.24) is 5.32 Å². The second-order valence-corrected chi connectivity index (χ2v) is 4.66. The summed E-state index contributed by atoms with van der Waals surface area (Å²) in [5, 5.41) is 2.44. The fraction of sp³-hybridized carbons (Fsp3) is 0.375. The van der Waals surface area contributed by atoms with E-state index in [0.29, 0.717) is 5.56 Å². The molecule has 3 nitrogen and oxygen atoms in total. The molecule has 0 aromatic heterocycles. The summed E-state index contributed by atoms with van der Waals surface area (Å²) >= 11 is 0. The Balaban J connectivity index is 2.64. The van der Waals surface area contributed by atoms with Crippen LogP contribution in [-0.4, -0.2) is 11.8 Å². The van der Waals surface area contributed by atoms with Gasteiger partial charge >= 0.3 is 0 Å². The highest BCUT2D eigenvalue weighted by Gasteiger charge is 2.22. The predicted molar refractivity (Wildman–Crippen MR) is 76.7 cm³/mol. The number of imide groups is 1. The number of nitrogens with one attached hydrogen (secondary N) is 1. The molecule has 3 heteroatoms. The van der Waals surface area contributed by atoms with Crippen LogP contribution in [0.5, 0.6) is 0 Å². The number of hydrogen-bond acceptors (Lipinski definition) is 2. The van der Waals surface area contributed by atoms with Crippen molar-refractivity contribution >= 4 is 11.8 Å². The molecule has 0 radical (unpaired) electrons. The molecule has 1 rings (SSSR count). The molecule has 0 heterocycles. The number of benzene rings is 1. The van der Waals surface area contributed by atoms with Crippen molar-refractivity contribution in [2.24, 2.45) is 11.8 Å². The van der Waals surface area contributed by atoms with Crippen molar-refractivity contribution in [3.8, 4) is 0 Å². The topological polar surface area (TPSA) is 46.2 Å². The molecule has 0 fully saturated rings. The Morgan fingerprint density at radius 3 is 2.47 bits per heavy atom. The van der Waals surface area contributed by atoms with E-state index in [1.165, 1.54) is 0 Å². The lowest BCUT2D eigenvalue weighted by atomic mass is 9.89. The van der Waals surface area contributed by atoms with E-state index >= 15 is 0 Å². The van der Waals surface area contributed by atoms with Crippen LogP contribution in [0, 0.1) is 11.8 Å². The van der Waals surface area contributed by atoms with Gasteiger partial charge in [0.1, 0.15) is 0 Å². The van der Waals surface area contributed by atoms with E-state index in [1.54, 1.807) is 30.3 Å². The summed E-state index contributed by atoms with van der Waals surface area (Å²) < 4.78 is 0. The molecule has 0 aliphatic carbocycles. The lowest BCUT2D eigenvalue weighted by molar-refractivity contribution is -0.124. The lowest BCUT2D eigenvalue weighted by Gasteiger charge is -2.19. The largest absolute Gasteiger partial charge is 0.292 e. The highest BCUT2D eigenvalue weighted by Crippen LogP contribution is 2.18. The fourth-order valence-electron chi connectivity index (χ4n) is 1.99. The normalized spacial score (nSPS) is 13.4. The van der Waals surface area contributed by atoms with Gasteiger partial charge in [-0.3, -0.25) is 14.9 Å². The van der Waals surface area contributed by atoms with Crippen LogP contribution in [-0.2, 0) is 4.79 Å². The Bertz CT molecular complexity index is 439. The van der Waals surface area contributed by atoms with Crippen LogP contribution in [0.25, 0.3) is 0 Å². The van der Waals surface area contributed by atoms with Gasteiger partial charge in [-0.25, -0.2) is 0 Å². The molecule has 2 amide bonds. The number of carbonyl (C=O) groups is 2. The van der Waals surface area contributed by atoms with Gasteiger partial charge < -0.3 is 0 Å². The van der Waals surface area contributed by atoms with Crippen molar-refractivity contribution in [2.45, 2.75) is 26.7 Å². The third-order valence-corrected chi connectivity index (χ3v) is 3.25. The SMILES string of the molecule is C=CC(CCC)C(C)C(=O)NC(=O)c1ccccc1. The van der Waals surface area contributed by atoms with Crippen molar-refractivity contribution in [3.05, 3.63) is 48.6 Å². The van der Waals surface area contributed by atoms with E-state index in [1.807, 2.05) is 13.0 Å². The maximum atomic E-state index is 12.0. The predicted octanol–water partition coefficient (Wildman–Crippen LogP) is 3.18. The minimum absolute atomic E-state index is 0.105. The first-order chi connectivity index (χ1) is 9.10. The maximum absolute atomic E-state index is 12.0. The Morgan fingerprint density at radius 2 is 1.95 bits per heavy atom. The summed E-state index contributed by atoms with van der Waals surface area (Å²) in [5.41, 5.74) is 0.494. The molecule has 0 spiro atoms. The number of rotatable bonds is 6. The van der Waals surface area contributed by atoms with E-state index in [0.717, 1.165) is 12.8 Å². The van der Waals surface area contributed by atoms with Gasteiger partial charge in [-0.2, -0.15) is 0 Å². The third kappa shape index (κ3) is 4.36. The average molecular weight is 259 g/mol. The number of hydrogen-bond donors (Lipinski definition) is 1. The smallest absolute Gasteiger partial charge is 0.257 e. The van der Waals surface area contributed by atoms with Crippen LogP contribution in [0.15, 0.2) is 43.0 Å². The second kappa shape index (κ2) is 7.52. The van der Waals surface area contributed by atoms with Crippen LogP contribution in [0.1, 0.15) is 37.0 Å². The molecule has 0 aliphatic heterocycles. The molecule has 102 valence electrons. The molecular weight excluding hydrogens is 238 g/mol. The van der Waals surface area contributed by atoms with E-state index in [4.69, 9.17) is 0 Å². The van der Waals surface area contributed by atoms with Crippen molar-refractivity contribution in [3.63, 3.8) is 0 Å². The highest BCUT2D eigenvalue weighted by molar-refractivity contribution is 6.05. The molecule has 1 aromatic rings. The van der Waals surface area contributed by atoms with Gasteiger partial charge in [0.15, 0.2) is 0 Å². The summed E-state index contributed by atoms with van der Waals surface area (Å²) in [6.07, 6.45) is 3.68. The van der Waals surface area contributed by atoms with E-state index < -0.39 is 0 Å². The van der Waals surface area contributed by atoms with Gasteiger partial charge in [-0.05, 0) is 24.5 Å². The van der Waals surface area contributed by atoms with Crippen LogP contribution in [0.3, 0.4) is 0 Å². The monoisotopic (exact) mass is 259 g/mol. The van der Waals surface area contributed by atoms with Crippen LogP contribution in [0.2, 0.25) is 0 Å². The maximum Gasteiger partial charge on any atom is 0.257 e. The molecule has 2 atom stereocenters. The first kappa shape index (κ1) is 15.2. The van der Waals surface area contributed by atoms with E-state index in [9.17, 15) is 9.59 Å². The minimum Gasteiger partial charge on any atom is -0.292 e. The number of allylic oxidation sites excluding steroid dienone is 1. The molecule has 1 N–H and O–H groups in total. The summed E-state index contributed by atoms with van der Waals surface area (Å²) in [4.78, 5) is 23.9. The number of carbonyl (C=O) groups excluding carboxylic acids is 2. The molecule has 2 unspecified atom stereocenters. The standard InChI is InChI=1S/C16H21NO2/c1-4-9-13(5-2)12(3)15(18)17-16(19)14-10-7-6-8-11-14/h5-8,10-13H,2,4,9H2,1,3H3,(H,17,18,19). The number of amides is 2. The zero-order valence-electron chi connectivity index (χ0n) is 11.6. The van der Waals surface area contributed by atoms with Crippen LogP contribution in [0.4, 0.5) is 0 Å². The summed E-state index contributed by atoms with van der Waals surface area (Å²) in [7, 11) is 0. The minimum atomic E-state index is -0.350. The van der Waals surface area contributed by atoms with Gasteiger partial charge in [0.25, 0.3) is 5.91 Å². The van der Waals surface area contributed by atoms with Crippen LogP contribution < -0.4 is 5.32 Å². The second-order valence-electron chi connectivity index (χ2n) is 4.66. The highest BCUT2D eigenvalue weighted by atomic mass is 16.2. The Kier molecular flexibility index (Phi) is 6.00. The third-order valence-electron chi connectivity index (χ3n) is 3.25. The zero-order valence-corrected chi connectivity index (χ0v) is 11.6. The van der Waals surface area contributed by atoms with Gasteiger partial charge in [0.2, 0.25) is 5.91 Å². The average Bonchev–Trinajstić information content (AvgIpc) is 2.44. The Morgan fingerprint density at radius 1 is 1.32 bits per heavy atom. The lowest BCUT2D eigenvalue weighted by Crippen LogP contribution is -2.37. The first-order valence-corrected chi connectivity index (χ1v) is 6.63. The molecule has 1 aromatic carbocycles. The summed E-state index contributed by atoms with van der Waals surface area (Å²) in [6, 6.07) is 8.74. The van der Waals surface area contributed by atoms with Crippen molar-refractivity contribution in [1.29, 1.82) is 0 Å². The quantitative estimate of drug-likeness (QED) is 0.797. The summed E-state index contributed by atoms with van der Waals surface area (Å²) in [6.45, 7) is 7.65. The van der Waals surface area contributed by atoms with Crippen molar-refractivity contribution < 1.29 is 9.59 Å². The van der Waals surface area contributed by atoms with Crippen LogP contribution >= 0.6 is 0 Å². The van der Waals surface area contributed by atoms with Gasteiger partial charge in [0.05, 0.1) is 0 Å². The Labute approximate surface area is 114 Å². The first-order valence-electron chi connectivity index (χ1n) is 6.63. The summed E-state index contributed by atoms with van der Waals surface area (Å²) in [5.74, 6) is -0.734. The van der Waals surface area contributed by atoms with E-state index in [2.05, 4.69) is 18.8 Å². The molecule has 0 bridgehead atoms. The molecule has 0 saturated heterocycles. The molecule has 0 aliphatic rings. The molecule has 19 heavy (non-hydrogen) atoms. The van der Waals surface area contributed by atoms with Gasteiger partial charge in [-0.15, -0.1) is 6.58 Å². The zero-order chi connectivity index (χ0) is 14.3. The Hall–Kier alpha value is -1.90. The van der Waals surface area contributed by atoms with Gasteiger partial charge in [0, 0.05) is 11.5 Å². The van der Waals surface area contributed by atoms with E-state index in [-0.39, 0.29) is 23.7 Å². The molecular formula is C16H21NO2. The molecule has 0 saturated carbocycles. The fourth-order valence-corrected chi connectivity index (χ4v) is 1.99. The van der Waals surface area contributed by atoms with Gasteiger partial charge in [-0.1, -0.05) is 44.5 Å². The van der Waals surface area contributed by atoms with Crippen molar-refractivity contribution in [2.75, 3.05) is 0 Å².